The quantitative estimate of drug-likeness (QED) is 0.332. The smallest absolute Gasteiger partial charge is 0.243 e. The molecule has 8 heteroatoms. The van der Waals surface area contributed by atoms with Crippen molar-refractivity contribution in [1.29, 1.82) is 0 Å². The van der Waals surface area contributed by atoms with E-state index < -0.39 is 10.0 Å². The van der Waals surface area contributed by atoms with Crippen LogP contribution < -0.4 is 5.32 Å². The van der Waals surface area contributed by atoms with Crippen molar-refractivity contribution in [3.05, 3.63) is 95.8 Å². The third-order valence-corrected chi connectivity index (χ3v) is 9.25. The molecule has 1 saturated heterocycles. The number of para-hydroxylation sites is 1. The predicted octanol–water partition coefficient (Wildman–Crippen LogP) is 4.91. The Morgan fingerprint density at radius 2 is 1.53 bits per heavy atom. The molecule has 5 rings (SSSR count). The van der Waals surface area contributed by atoms with Gasteiger partial charge in [0.1, 0.15) is 11.6 Å². The number of hydrogen-bond donors (Lipinski definition) is 1. The van der Waals surface area contributed by atoms with Crippen molar-refractivity contribution in [3.63, 3.8) is 0 Å². The van der Waals surface area contributed by atoms with Crippen molar-refractivity contribution in [3.8, 4) is 0 Å². The molecule has 1 aliphatic heterocycles. The largest absolute Gasteiger partial charge is 0.369 e. The fraction of sp³-hybridized carbons (Fsp3) is 0.333. The van der Waals surface area contributed by atoms with E-state index in [1.807, 2.05) is 42.5 Å². The summed E-state index contributed by atoms with van der Waals surface area (Å²) in [5.41, 5.74) is 3.32. The maximum Gasteiger partial charge on any atom is 0.243 e. The second kappa shape index (κ2) is 11.6. The highest BCUT2D eigenvalue weighted by atomic mass is 32.2. The van der Waals surface area contributed by atoms with Crippen LogP contribution in [0.5, 0.6) is 0 Å². The second-order valence-corrected chi connectivity index (χ2v) is 11.7. The molecule has 1 N–H and O–H groups in total. The average molecular weight is 530 g/mol. The Bertz CT molecular complexity index is 1470. The molecular weight excluding hydrogens is 494 g/mol. The van der Waals surface area contributed by atoms with Crippen molar-refractivity contribution < 1.29 is 8.42 Å². The number of nitrogens with zero attached hydrogens (tertiary/aromatic N) is 4. The average Bonchev–Trinajstić information content (AvgIpc) is 2.97. The van der Waals surface area contributed by atoms with Crippen molar-refractivity contribution in [1.82, 2.24) is 19.2 Å². The maximum atomic E-state index is 13.2. The first-order valence-corrected chi connectivity index (χ1v) is 14.8. The molecule has 1 aromatic heterocycles. The van der Waals surface area contributed by atoms with Gasteiger partial charge >= 0.3 is 0 Å². The normalized spacial score (nSPS) is 15.9. The summed E-state index contributed by atoms with van der Waals surface area (Å²) in [6.45, 7) is 7.07. The summed E-state index contributed by atoms with van der Waals surface area (Å²) in [5.74, 6) is 1.59. The molecule has 0 unspecified atom stereocenters. The van der Waals surface area contributed by atoms with Crippen LogP contribution in [0.25, 0.3) is 10.9 Å². The zero-order chi connectivity index (χ0) is 26.5. The summed E-state index contributed by atoms with van der Waals surface area (Å²) in [7, 11) is -3.50. The second-order valence-electron chi connectivity index (χ2n) is 9.72. The lowest BCUT2D eigenvalue weighted by atomic mass is 10.1. The van der Waals surface area contributed by atoms with Crippen LogP contribution in [0, 0.1) is 0 Å². The molecule has 2 heterocycles. The highest BCUT2D eigenvalue weighted by Crippen LogP contribution is 2.27. The monoisotopic (exact) mass is 529 g/mol. The summed E-state index contributed by atoms with van der Waals surface area (Å²) < 4.78 is 28.0. The molecular formula is C30H35N5O2S. The number of aryl methyl sites for hydroxylation is 1. The number of hydrogen-bond acceptors (Lipinski definition) is 6. The Balaban J connectivity index is 1.28. The highest BCUT2D eigenvalue weighted by molar-refractivity contribution is 7.89. The highest BCUT2D eigenvalue weighted by Gasteiger charge is 2.31. The van der Waals surface area contributed by atoms with Crippen LogP contribution in [0.4, 0.5) is 5.82 Å². The summed E-state index contributed by atoms with van der Waals surface area (Å²) in [4.78, 5) is 12.5. The first kappa shape index (κ1) is 26.3. The maximum absolute atomic E-state index is 13.2. The first-order chi connectivity index (χ1) is 18.5. The summed E-state index contributed by atoms with van der Waals surface area (Å²) in [6.07, 6.45) is 1.79. The minimum atomic E-state index is -3.50. The Labute approximate surface area is 225 Å². The molecule has 1 fully saturated rings. The van der Waals surface area contributed by atoms with E-state index in [9.17, 15) is 8.42 Å². The van der Waals surface area contributed by atoms with Crippen LogP contribution in [0.15, 0.2) is 83.8 Å². The zero-order valence-electron chi connectivity index (χ0n) is 22.0. The van der Waals surface area contributed by atoms with Crippen molar-refractivity contribution in [2.75, 3.05) is 38.0 Å². The third-order valence-electron chi connectivity index (χ3n) is 7.33. The van der Waals surface area contributed by atoms with Gasteiger partial charge in [-0.15, -0.1) is 0 Å². The van der Waals surface area contributed by atoms with Crippen LogP contribution in [-0.2, 0) is 22.9 Å². The van der Waals surface area contributed by atoms with Crippen LogP contribution in [-0.4, -0.2) is 60.3 Å². The standard InChI is InChI=1S/C30H35N5O2S/c1-3-24-13-15-26(16-14-24)38(36,37)35-21-19-34(20-22-35)23(2)29-32-28-12-8-7-11-27(28)30(33-29)31-18-17-25-9-5-4-6-10-25/h4-16,23H,3,17-22H2,1-2H3,(H,31,32,33)/t23-/m0/s1. The van der Waals surface area contributed by atoms with Gasteiger partial charge in [-0.2, -0.15) is 4.31 Å². The lowest BCUT2D eigenvalue weighted by molar-refractivity contribution is 0.141. The number of sulfonamides is 1. The fourth-order valence-electron chi connectivity index (χ4n) is 4.93. The number of benzene rings is 3. The van der Waals surface area contributed by atoms with E-state index in [-0.39, 0.29) is 6.04 Å². The Morgan fingerprint density at radius 1 is 0.842 bits per heavy atom. The predicted molar refractivity (Wildman–Crippen MR) is 153 cm³/mol. The molecule has 7 nitrogen and oxygen atoms in total. The van der Waals surface area contributed by atoms with Gasteiger partial charge in [-0.25, -0.2) is 18.4 Å². The molecule has 0 radical (unpaired) electrons. The van der Waals surface area contributed by atoms with Gasteiger partial charge in [0, 0.05) is 38.1 Å². The molecule has 1 atom stereocenters. The SMILES string of the molecule is CCc1ccc(S(=O)(=O)N2CCN([C@@H](C)c3nc(NCCc4ccccc4)c4ccccc4n3)CC2)cc1. The van der Waals surface area contributed by atoms with Crippen LogP contribution in [0.3, 0.4) is 0 Å². The summed E-state index contributed by atoms with van der Waals surface area (Å²) >= 11 is 0. The van der Waals surface area contributed by atoms with Crippen LogP contribution in [0.1, 0.15) is 36.8 Å². The lowest BCUT2D eigenvalue weighted by Crippen LogP contribution is -2.49. The Kier molecular flexibility index (Phi) is 8.02. The molecule has 38 heavy (non-hydrogen) atoms. The topological polar surface area (TPSA) is 78.4 Å². The Morgan fingerprint density at radius 3 is 2.24 bits per heavy atom. The van der Waals surface area contributed by atoms with Crippen molar-refractivity contribution >= 4 is 26.7 Å². The van der Waals surface area contributed by atoms with Crippen molar-refractivity contribution in [2.24, 2.45) is 0 Å². The van der Waals surface area contributed by atoms with E-state index in [4.69, 9.17) is 9.97 Å². The first-order valence-electron chi connectivity index (χ1n) is 13.3. The number of aromatic nitrogens is 2. The minimum Gasteiger partial charge on any atom is -0.369 e. The molecule has 0 aliphatic carbocycles. The summed E-state index contributed by atoms with van der Waals surface area (Å²) in [5, 5.41) is 4.53. The van der Waals surface area contributed by atoms with E-state index in [0.717, 1.165) is 47.5 Å². The number of piperazine rings is 1. The van der Waals surface area contributed by atoms with Gasteiger partial charge in [0.25, 0.3) is 0 Å². The van der Waals surface area contributed by atoms with E-state index in [2.05, 4.69) is 48.3 Å². The van der Waals surface area contributed by atoms with Gasteiger partial charge in [-0.05, 0) is 55.2 Å². The number of rotatable bonds is 9. The molecule has 198 valence electrons. The molecule has 0 saturated carbocycles. The number of anilines is 1. The number of nitrogens with one attached hydrogen (secondary N) is 1. The van der Waals surface area contributed by atoms with Gasteiger partial charge in [0.2, 0.25) is 10.0 Å². The Hall–Kier alpha value is -3.33. The van der Waals surface area contributed by atoms with Crippen LogP contribution in [0.2, 0.25) is 0 Å². The van der Waals surface area contributed by atoms with E-state index in [0.29, 0.717) is 31.1 Å². The van der Waals surface area contributed by atoms with Gasteiger partial charge in [0.05, 0.1) is 16.5 Å². The fourth-order valence-corrected chi connectivity index (χ4v) is 6.35. The van der Waals surface area contributed by atoms with Crippen molar-refractivity contribution in [2.45, 2.75) is 37.6 Å². The van der Waals surface area contributed by atoms with Gasteiger partial charge < -0.3 is 5.32 Å². The van der Waals surface area contributed by atoms with E-state index >= 15 is 0 Å². The van der Waals surface area contributed by atoms with Crippen LogP contribution >= 0.6 is 0 Å². The van der Waals surface area contributed by atoms with E-state index in [1.165, 1.54) is 5.56 Å². The molecule has 0 spiro atoms. The molecule has 1 aliphatic rings. The number of fused-ring (bicyclic) bond motifs is 1. The van der Waals surface area contributed by atoms with Gasteiger partial charge in [-0.3, -0.25) is 4.90 Å². The molecule has 0 amide bonds. The lowest BCUT2D eigenvalue weighted by Gasteiger charge is -2.36. The molecule has 0 bridgehead atoms. The minimum absolute atomic E-state index is 0.0389. The molecule has 3 aromatic carbocycles. The van der Waals surface area contributed by atoms with Gasteiger partial charge in [0.15, 0.2) is 0 Å². The third kappa shape index (κ3) is 5.72. The summed E-state index contributed by atoms with van der Waals surface area (Å²) in [6, 6.07) is 25.7. The van der Waals surface area contributed by atoms with Gasteiger partial charge in [-0.1, -0.05) is 61.5 Å². The zero-order valence-corrected chi connectivity index (χ0v) is 22.9. The molecule has 4 aromatic rings. The van der Waals surface area contributed by atoms with E-state index in [1.54, 1.807) is 16.4 Å².